The largest absolute Gasteiger partial charge is 0.383 e. The van der Waals surface area contributed by atoms with Crippen molar-refractivity contribution in [1.82, 2.24) is 10.3 Å². The molecule has 21 heavy (non-hydrogen) atoms. The van der Waals surface area contributed by atoms with Gasteiger partial charge in [-0.1, -0.05) is 18.2 Å². The lowest BCUT2D eigenvalue weighted by Gasteiger charge is -2.21. The molecule has 1 atom stereocenters. The number of aliphatic hydroxyl groups is 1. The molecule has 2 heterocycles. The molecular weight excluding hydrogens is 304 g/mol. The van der Waals surface area contributed by atoms with Gasteiger partial charge in [-0.25, -0.2) is 4.98 Å². The molecule has 0 bridgehead atoms. The Morgan fingerprint density at radius 1 is 1.33 bits per heavy atom. The van der Waals surface area contributed by atoms with Crippen LogP contribution in [0, 0.1) is 0 Å². The number of nitrogens with one attached hydrogen (secondary N) is 1. The van der Waals surface area contributed by atoms with Gasteiger partial charge >= 0.3 is 0 Å². The number of hydrogen-bond donors (Lipinski definition) is 2. The number of amides is 1. The van der Waals surface area contributed by atoms with Crippen LogP contribution in [0.4, 0.5) is 0 Å². The van der Waals surface area contributed by atoms with Crippen molar-refractivity contribution in [3.05, 3.63) is 51.7 Å². The summed E-state index contributed by atoms with van der Waals surface area (Å²) in [6.07, 6.45) is 0. The first kappa shape index (κ1) is 14.2. The third kappa shape index (κ3) is 2.97. The number of fused-ring (bicyclic) bond motifs is 1. The molecule has 0 saturated carbocycles. The minimum absolute atomic E-state index is 0.155. The molecule has 1 amide bonds. The monoisotopic (exact) mass is 318 g/mol. The molecule has 108 valence electrons. The minimum Gasteiger partial charge on any atom is -0.383 e. The number of aromatic nitrogens is 1. The van der Waals surface area contributed by atoms with Gasteiger partial charge in [0, 0.05) is 4.88 Å². The standard InChI is InChI=1S/C15H14N2O2S2/c1-15(19,12-7-4-8-20-12)9-16-13(18)14-17-10-5-2-3-6-11(10)21-14/h2-8,19H,9H2,1H3,(H,16,18). The molecule has 3 rings (SSSR count). The molecule has 2 N–H and O–H groups in total. The number of carbonyl (C=O) groups excluding carboxylic acids is 1. The molecule has 0 spiro atoms. The Kier molecular flexibility index (Phi) is 3.75. The second-order valence-corrected chi connectivity index (χ2v) is 6.90. The van der Waals surface area contributed by atoms with Gasteiger partial charge in [0.1, 0.15) is 5.60 Å². The average molecular weight is 318 g/mol. The van der Waals surface area contributed by atoms with Crippen molar-refractivity contribution in [3.63, 3.8) is 0 Å². The maximum absolute atomic E-state index is 12.2. The zero-order valence-corrected chi connectivity index (χ0v) is 13.0. The van der Waals surface area contributed by atoms with E-state index in [4.69, 9.17) is 0 Å². The molecule has 0 radical (unpaired) electrons. The van der Waals surface area contributed by atoms with Crippen molar-refractivity contribution in [2.45, 2.75) is 12.5 Å². The molecule has 1 aromatic carbocycles. The molecule has 4 nitrogen and oxygen atoms in total. The predicted molar refractivity (Wildman–Crippen MR) is 85.8 cm³/mol. The molecule has 2 aromatic heterocycles. The van der Waals surface area contributed by atoms with Crippen LogP contribution in [0.15, 0.2) is 41.8 Å². The highest BCUT2D eigenvalue weighted by molar-refractivity contribution is 7.20. The predicted octanol–water partition coefficient (Wildman–Crippen LogP) is 3.00. The Morgan fingerprint density at radius 2 is 2.14 bits per heavy atom. The zero-order valence-electron chi connectivity index (χ0n) is 11.4. The number of rotatable bonds is 4. The first-order valence-electron chi connectivity index (χ1n) is 6.46. The molecule has 3 aromatic rings. The topological polar surface area (TPSA) is 62.2 Å². The lowest BCUT2D eigenvalue weighted by atomic mass is 10.1. The number of hydrogen-bond acceptors (Lipinski definition) is 5. The van der Waals surface area contributed by atoms with Crippen LogP contribution in [0.1, 0.15) is 21.6 Å². The van der Waals surface area contributed by atoms with Crippen molar-refractivity contribution in [3.8, 4) is 0 Å². The second kappa shape index (κ2) is 5.55. The highest BCUT2D eigenvalue weighted by atomic mass is 32.1. The number of para-hydroxylation sites is 1. The smallest absolute Gasteiger partial charge is 0.280 e. The van der Waals surface area contributed by atoms with E-state index < -0.39 is 5.60 Å². The van der Waals surface area contributed by atoms with E-state index in [0.717, 1.165) is 15.1 Å². The summed E-state index contributed by atoms with van der Waals surface area (Å²) in [6, 6.07) is 11.4. The third-order valence-electron chi connectivity index (χ3n) is 3.13. The number of benzene rings is 1. The summed E-state index contributed by atoms with van der Waals surface area (Å²) < 4.78 is 0.979. The van der Waals surface area contributed by atoms with Gasteiger partial charge in [-0.2, -0.15) is 0 Å². The van der Waals surface area contributed by atoms with E-state index in [1.54, 1.807) is 6.92 Å². The number of carbonyl (C=O) groups is 1. The van der Waals surface area contributed by atoms with Crippen LogP contribution in [0.25, 0.3) is 10.2 Å². The van der Waals surface area contributed by atoms with E-state index in [2.05, 4.69) is 10.3 Å². The summed E-state index contributed by atoms with van der Waals surface area (Å²) >= 11 is 2.82. The number of nitrogens with zero attached hydrogens (tertiary/aromatic N) is 1. The van der Waals surface area contributed by atoms with Crippen molar-refractivity contribution >= 4 is 38.8 Å². The fraction of sp³-hybridized carbons (Fsp3) is 0.200. The molecule has 6 heteroatoms. The van der Waals surface area contributed by atoms with E-state index in [-0.39, 0.29) is 12.5 Å². The van der Waals surface area contributed by atoms with Crippen molar-refractivity contribution < 1.29 is 9.90 Å². The highest BCUT2D eigenvalue weighted by Gasteiger charge is 2.25. The lowest BCUT2D eigenvalue weighted by molar-refractivity contribution is 0.0557. The van der Waals surface area contributed by atoms with E-state index >= 15 is 0 Å². The first-order chi connectivity index (χ1) is 10.1. The quantitative estimate of drug-likeness (QED) is 0.777. The Morgan fingerprint density at radius 3 is 2.86 bits per heavy atom. The van der Waals surface area contributed by atoms with Crippen molar-refractivity contribution in [2.75, 3.05) is 6.54 Å². The Balaban J connectivity index is 1.72. The summed E-state index contributed by atoms with van der Waals surface area (Å²) in [5, 5.41) is 15.5. The molecule has 0 aliphatic rings. The van der Waals surface area contributed by atoms with Gasteiger partial charge in [0.25, 0.3) is 5.91 Å². The van der Waals surface area contributed by atoms with Crippen LogP contribution in [-0.4, -0.2) is 22.5 Å². The van der Waals surface area contributed by atoms with E-state index in [9.17, 15) is 9.90 Å². The second-order valence-electron chi connectivity index (χ2n) is 4.92. The van der Waals surface area contributed by atoms with E-state index in [0.29, 0.717) is 5.01 Å². The van der Waals surface area contributed by atoms with Gasteiger partial charge in [-0.15, -0.1) is 22.7 Å². The summed E-state index contributed by atoms with van der Waals surface area (Å²) in [4.78, 5) is 17.3. The van der Waals surface area contributed by atoms with Gasteiger partial charge in [-0.3, -0.25) is 4.79 Å². The number of thiazole rings is 1. The van der Waals surface area contributed by atoms with Crippen molar-refractivity contribution in [2.24, 2.45) is 0 Å². The fourth-order valence-electron chi connectivity index (χ4n) is 1.97. The molecule has 0 aliphatic heterocycles. The van der Waals surface area contributed by atoms with Gasteiger partial charge in [0.2, 0.25) is 0 Å². The zero-order chi connectivity index (χ0) is 14.9. The minimum atomic E-state index is -1.07. The fourth-order valence-corrected chi connectivity index (χ4v) is 3.64. The SMILES string of the molecule is CC(O)(CNC(=O)c1nc2ccccc2s1)c1cccs1. The Hall–Kier alpha value is -1.76. The van der Waals surface area contributed by atoms with Crippen LogP contribution < -0.4 is 5.32 Å². The summed E-state index contributed by atoms with van der Waals surface area (Å²) in [5.74, 6) is -0.256. The maximum Gasteiger partial charge on any atom is 0.280 e. The Labute approximate surface area is 130 Å². The average Bonchev–Trinajstić information content (AvgIpc) is 3.13. The molecular formula is C15H14N2O2S2. The van der Waals surface area contributed by atoms with Crippen LogP contribution in [0.5, 0.6) is 0 Å². The molecule has 0 aliphatic carbocycles. The van der Waals surface area contributed by atoms with Gasteiger partial charge in [-0.05, 0) is 30.5 Å². The normalized spacial score (nSPS) is 14.0. The van der Waals surface area contributed by atoms with E-state index in [1.165, 1.54) is 22.7 Å². The van der Waals surface area contributed by atoms with Gasteiger partial charge in [0.05, 0.1) is 16.8 Å². The van der Waals surface area contributed by atoms with Crippen LogP contribution in [0.2, 0.25) is 0 Å². The summed E-state index contributed by atoms with van der Waals surface area (Å²) in [6.45, 7) is 1.85. The summed E-state index contributed by atoms with van der Waals surface area (Å²) in [7, 11) is 0. The number of thiophene rings is 1. The van der Waals surface area contributed by atoms with Crippen molar-refractivity contribution in [1.29, 1.82) is 0 Å². The van der Waals surface area contributed by atoms with Gasteiger partial charge in [0.15, 0.2) is 5.01 Å². The van der Waals surface area contributed by atoms with E-state index in [1.807, 2.05) is 41.8 Å². The van der Waals surface area contributed by atoms with Crippen LogP contribution in [0.3, 0.4) is 0 Å². The third-order valence-corrected chi connectivity index (χ3v) is 5.29. The van der Waals surface area contributed by atoms with Gasteiger partial charge < -0.3 is 10.4 Å². The molecule has 0 fully saturated rings. The maximum atomic E-state index is 12.2. The highest BCUT2D eigenvalue weighted by Crippen LogP contribution is 2.25. The van der Waals surface area contributed by atoms with Crippen LogP contribution >= 0.6 is 22.7 Å². The summed E-state index contributed by atoms with van der Waals surface area (Å²) in [5.41, 5.74) is -0.252. The Bertz CT molecular complexity index is 730. The van der Waals surface area contributed by atoms with Crippen LogP contribution in [-0.2, 0) is 5.60 Å². The lowest BCUT2D eigenvalue weighted by Crippen LogP contribution is -2.38. The first-order valence-corrected chi connectivity index (χ1v) is 8.16. The molecule has 1 unspecified atom stereocenters. The molecule has 0 saturated heterocycles.